The minimum Gasteiger partial charge on any atom is -0.393 e. The highest BCUT2D eigenvalue weighted by Gasteiger charge is 2.62. The quantitative estimate of drug-likeness (QED) is 0.723. The van der Waals surface area contributed by atoms with Crippen LogP contribution in [0.3, 0.4) is 0 Å². The molecular weight excluding hydrogens is 276 g/mol. The summed E-state index contributed by atoms with van der Waals surface area (Å²) < 4.78 is 0. The molecule has 4 saturated carbocycles. The Balaban J connectivity index is 1.64. The maximum absolute atomic E-state index is 12.5. The molecule has 0 aromatic carbocycles. The molecule has 3 nitrogen and oxygen atoms in total. The van der Waals surface area contributed by atoms with Crippen LogP contribution in [0.15, 0.2) is 0 Å². The smallest absolute Gasteiger partial charge is 0.167 e. The van der Waals surface area contributed by atoms with Gasteiger partial charge in [0.2, 0.25) is 0 Å². The van der Waals surface area contributed by atoms with Crippen LogP contribution in [0.5, 0.6) is 0 Å². The summed E-state index contributed by atoms with van der Waals surface area (Å²) in [5.41, 5.74) is 0.0814. The zero-order chi connectivity index (χ0) is 15.7. The zero-order valence-corrected chi connectivity index (χ0v) is 13.9. The average molecular weight is 306 g/mol. The van der Waals surface area contributed by atoms with Gasteiger partial charge in [-0.1, -0.05) is 13.8 Å². The monoisotopic (exact) mass is 306 g/mol. The lowest BCUT2D eigenvalue weighted by Crippen LogP contribution is -2.54. The van der Waals surface area contributed by atoms with Crippen LogP contribution in [0.4, 0.5) is 0 Å². The molecule has 4 aliphatic rings. The normalized spacial score (nSPS) is 57.9. The van der Waals surface area contributed by atoms with Gasteiger partial charge in [0.25, 0.3) is 0 Å². The van der Waals surface area contributed by atoms with E-state index in [-0.39, 0.29) is 17.3 Å². The van der Waals surface area contributed by atoms with Gasteiger partial charge in [0.05, 0.1) is 6.10 Å². The van der Waals surface area contributed by atoms with Crippen molar-refractivity contribution in [2.24, 2.45) is 34.5 Å². The number of ketones is 1. The number of fused-ring (bicyclic) bond motifs is 5. The molecule has 3 heteroatoms. The molecule has 0 saturated heterocycles. The van der Waals surface area contributed by atoms with E-state index in [2.05, 4.69) is 13.8 Å². The van der Waals surface area contributed by atoms with Gasteiger partial charge in [-0.15, -0.1) is 0 Å². The number of Topliss-reactive ketones (excluding diaryl/α,β-unsaturated/α-hetero) is 1. The highest BCUT2D eigenvalue weighted by atomic mass is 16.3. The van der Waals surface area contributed by atoms with Gasteiger partial charge in [-0.05, 0) is 80.5 Å². The van der Waals surface area contributed by atoms with Crippen LogP contribution in [0.1, 0.15) is 65.2 Å². The molecule has 0 heterocycles. The molecule has 4 fully saturated rings. The zero-order valence-electron chi connectivity index (χ0n) is 13.9. The SMILES string of the molecule is C[C@]12CC[C@H](O)CC1CC[C@@H]1[C@@H]2CC[C@]2(C)C(=O)[C@H](O)C[C@@H]12. The predicted octanol–water partition coefficient (Wildman–Crippen LogP) is 2.93. The summed E-state index contributed by atoms with van der Waals surface area (Å²) in [4.78, 5) is 12.5. The summed E-state index contributed by atoms with van der Waals surface area (Å²) >= 11 is 0. The molecule has 0 aromatic rings. The van der Waals surface area contributed by atoms with Gasteiger partial charge in [-0.3, -0.25) is 4.79 Å². The number of aliphatic hydroxyl groups is 2. The number of rotatable bonds is 0. The first-order valence-corrected chi connectivity index (χ1v) is 9.26. The standard InChI is InChI=1S/C19H30O3/c1-18-7-5-12(20)9-11(18)3-4-13-14(18)6-8-19(2)15(13)10-16(21)17(19)22/h11-16,20-21H,3-10H2,1-2H3/t11?,12-,13+,14-,15-,16+,18-,19-/m0/s1. The van der Waals surface area contributed by atoms with Crippen molar-refractivity contribution in [2.75, 3.05) is 0 Å². The van der Waals surface area contributed by atoms with Crippen molar-refractivity contribution in [3.05, 3.63) is 0 Å². The molecule has 0 aromatic heterocycles. The third-order valence-electron chi connectivity index (χ3n) is 8.37. The fraction of sp³-hybridized carbons (Fsp3) is 0.947. The van der Waals surface area contributed by atoms with Crippen LogP contribution in [-0.2, 0) is 4.79 Å². The van der Waals surface area contributed by atoms with E-state index < -0.39 is 6.10 Å². The molecule has 0 aliphatic heterocycles. The Hall–Kier alpha value is -0.410. The van der Waals surface area contributed by atoms with Crippen LogP contribution >= 0.6 is 0 Å². The third kappa shape index (κ3) is 1.84. The average Bonchev–Trinajstić information content (AvgIpc) is 2.72. The van der Waals surface area contributed by atoms with E-state index in [1.165, 1.54) is 12.8 Å². The van der Waals surface area contributed by atoms with E-state index in [4.69, 9.17) is 0 Å². The summed E-state index contributed by atoms with van der Waals surface area (Å²) in [6.45, 7) is 4.57. The van der Waals surface area contributed by atoms with E-state index in [9.17, 15) is 15.0 Å². The fourth-order valence-electron chi connectivity index (χ4n) is 7.02. The van der Waals surface area contributed by atoms with Crippen molar-refractivity contribution in [2.45, 2.75) is 77.4 Å². The van der Waals surface area contributed by atoms with Crippen molar-refractivity contribution >= 4 is 5.78 Å². The van der Waals surface area contributed by atoms with Crippen LogP contribution in [0.2, 0.25) is 0 Å². The van der Waals surface area contributed by atoms with Gasteiger partial charge in [0, 0.05) is 5.41 Å². The maximum Gasteiger partial charge on any atom is 0.167 e. The molecule has 0 spiro atoms. The molecule has 0 amide bonds. The molecule has 8 atom stereocenters. The summed E-state index contributed by atoms with van der Waals surface area (Å²) in [6, 6.07) is 0. The number of hydrogen-bond acceptors (Lipinski definition) is 3. The Morgan fingerprint density at radius 3 is 2.50 bits per heavy atom. The van der Waals surface area contributed by atoms with Gasteiger partial charge in [0.1, 0.15) is 6.10 Å². The van der Waals surface area contributed by atoms with Crippen molar-refractivity contribution in [3.8, 4) is 0 Å². The highest BCUT2D eigenvalue weighted by molar-refractivity contribution is 5.91. The second-order valence-corrected chi connectivity index (χ2v) is 9.16. The molecule has 1 unspecified atom stereocenters. The minimum atomic E-state index is -0.715. The van der Waals surface area contributed by atoms with Gasteiger partial charge in [0.15, 0.2) is 5.78 Å². The molecular formula is C19H30O3. The largest absolute Gasteiger partial charge is 0.393 e. The topological polar surface area (TPSA) is 57.5 Å². The molecule has 0 bridgehead atoms. The summed E-state index contributed by atoms with van der Waals surface area (Å²) in [6.07, 6.45) is 7.43. The van der Waals surface area contributed by atoms with Gasteiger partial charge in [-0.2, -0.15) is 0 Å². The number of aliphatic hydroxyl groups excluding tert-OH is 2. The summed E-state index contributed by atoms with van der Waals surface area (Å²) in [5.74, 6) is 2.45. The van der Waals surface area contributed by atoms with Crippen LogP contribution in [0, 0.1) is 34.5 Å². The molecule has 4 aliphatic carbocycles. The molecule has 2 N–H and O–H groups in total. The van der Waals surface area contributed by atoms with E-state index in [1.807, 2.05) is 0 Å². The minimum absolute atomic E-state index is 0.0987. The first kappa shape index (κ1) is 15.1. The van der Waals surface area contributed by atoms with Gasteiger partial charge >= 0.3 is 0 Å². The number of carbonyl (C=O) groups is 1. The molecule has 0 radical (unpaired) electrons. The van der Waals surface area contributed by atoms with Crippen molar-refractivity contribution in [1.82, 2.24) is 0 Å². The molecule has 22 heavy (non-hydrogen) atoms. The second-order valence-electron chi connectivity index (χ2n) is 9.16. The fourth-order valence-corrected chi connectivity index (χ4v) is 7.02. The summed E-state index contributed by atoms with van der Waals surface area (Å²) in [7, 11) is 0. The van der Waals surface area contributed by atoms with Crippen molar-refractivity contribution in [3.63, 3.8) is 0 Å². The first-order chi connectivity index (χ1) is 10.4. The highest BCUT2D eigenvalue weighted by Crippen LogP contribution is 2.65. The summed E-state index contributed by atoms with van der Waals surface area (Å²) in [5, 5.41) is 20.2. The number of carbonyl (C=O) groups excluding carboxylic acids is 1. The molecule has 124 valence electrons. The Morgan fingerprint density at radius 2 is 1.73 bits per heavy atom. The van der Waals surface area contributed by atoms with Crippen LogP contribution < -0.4 is 0 Å². The Morgan fingerprint density at radius 1 is 0.955 bits per heavy atom. The Labute approximate surface area is 133 Å². The van der Waals surface area contributed by atoms with Crippen molar-refractivity contribution in [1.29, 1.82) is 0 Å². The predicted molar refractivity (Wildman–Crippen MR) is 84.1 cm³/mol. The second kappa shape index (κ2) is 4.80. The van der Waals surface area contributed by atoms with E-state index in [0.717, 1.165) is 32.1 Å². The van der Waals surface area contributed by atoms with Crippen LogP contribution in [-0.4, -0.2) is 28.2 Å². The Bertz CT molecular complexity index is 489. The maximum atomic E-state index is 12.5. The lowest BCUT2D eigenvalue weighted by Gasteiger charge is -2.59. The third-order valence-corrected chi connectivity index (χ3v) is 8.37. The number of hydrogen-bond donors (Lipinski definition) is 2. The lowest BCUT2D eigenvalue weighted by molar-refractivity contribution is -0.144. The van der Waals surface area contributed by atoms with Crippen molar-refractivity contribution < 1.29 is 15.0 Å². The van der Waals surface area contributed by atoms with Crippen LogP contribution in [0.25, 0.3) is 0 Å². The van der Waals surface area contributed by atoms with E-state index in [1.54, 1.807) is 0 Å². The first-order valence-electron chi connectivity index (χ1n) is 9.26. The van der Waals surface area contributed by atoms with Gasteiger partial charge < -0.3 is 10.2 Å². The molecule has 4 rings (SSSR count). The van der Waals surface area contributed by atoms with E-state index >= 15 is 0 Å². The Kier molecular flexibility index (Phi) is 3.30. The van der Waals surface area contributed by atoms with Gasteiger partial charge in [-0.25, -0.2) is 0 Å². The lowest BCUT2D eigenvalue weighted by atomic mass is 9.45. The van der Waals surface area contributed by atoms with E-state index in [0.29, 0.717) is 35.5 Å².